The van der Waals surface area contributed by atoms with Crippen LogP contribution in [0.5, 0.6) is 0 Å². The molecule has 21 heavy (non-hydrogen) atoms. The van der Waals surface area contributed by atoms with Crippen molar-refractivity contribution in [2.24, 2.45) is 11.8 Å². The fraction of sp³-hybridized carbons (Fsp3) is 1.00. The van der Waals surface area contributed by atoms with Crippen LogP contribution in [0.15, 0.2) is 0 Å². The van der Waals surface area contributed by atoms with E-state index < -0.39 is 0 Å². The molecule has 0 aromatic rings. The van der Waals surface area contributed by atoms with Crippen molar-refractivity contribution in [1.82, 2.24) is 0 Å². The molecule has 0 saturated carbocycles. The van der Waals surface area contributed by atoms with Crippen LogP contribution in [-0.4, -0.2) is 29.3 Å². The molecule has 0 aromatic heterocycles. The number of hydrogen-bond acceptors (Lipinski definition) is 2. The molecule has 0 bridgehead atoms. The molecule has 0 heterocycles. The Hall–Kier alpha value is 0.0499. The van der Waals surface area contributed by atoms with E-state index in [9.17, 15) is 0 Å². The highest BCUT2D eigenvalue weighted by molar-refractivity contribution is 5.98. The Labute approximate surface area is 135 Å². The summed E-state index contributed by atoms with van der Waals surface area (Å²) in [5.74, 6) is 1.36. The molecule has 4 heteroatoms. The third kappa shape index (κ3) is 12.3. The minimum Gasteiger partial charge on any atom is -0.444 e. The number of unbranched alkanes of at least 4 members (excludes halogenated alkanes) is 7. The predicted molar refractivity (Wildman–Crippen MR) is 98.1 cm³/mol. The second-order valence-corrected chi connectivity index (χ2v) is 6.48. The van der Waals surface area contributed by atoms with Gasteiger partial charge in [-0.15, -0.1) is 0 Å². The summed E-state index contributed by atoms with van der Waals surface area (Å²) in [5, 5.41) is 0. The van der Waals surface area contributed by atoms with Gasteiger partial charge in [0.2, 0.25) is 0 Å². The smallest absolute Gasteiger partial charge is 0.257 e. The third-order valence-electron chi connectivity index (χ3n) is 4.54. The lowest BCUT2D eigenvalue weighted by Gasteiger charge is -2.27. The zero-order valence-corrected chi connectivity index (χ0v) is 15.2. The van der Waals surface area contributed by atoms with Gasteiger partial charge in [0.05, 0.1) is 0 Å². The van der Waals surface area contributed by atoms with E-state index in [1.54, 1.807) is 0 Å². The van der Waals surface area contributed by atoms with Crippen LogP contribution in [0, 0.1) is 11.8 Å². The standard InChI is InChI=1S/C17H38B2O2/c1-3-5-7-9-11-13-16(12-10-8-6-4-2)17(14-20-18)15-21-19/h16-17H,3-15,18-19H2,1-2H3. The van der Waals surface area contributed by atoms with Gasteiger partial charge >= 0.3 is 0 Å². The van der Waals surface area contributed by atoms with Crippen molar-refractivity contribution in [2.75, 3.05) is 13.2 Å². The van der Waals surface area contributed by atoms with Crippen LogP contribution in [0.4, 0.5) is 0 Å². The van der Waals surface area contributed by atoms with E-state index in [1.165, 1.54) is 70.6 Å². The quantitative estimate of drug-likeness (QED) is 0.319. The normalized spacial score (nSPS) is 12.9. The van der Waals surface area contributed by atoms with E-state index in [2.05, 4.69) is 13.8 Å². The lowest BCUT2D eigenvalue weighted by Crippen LogP contribution is -2.25. The summed E-state index contributed by atoms with van der Waals surface area (Å²) < 4.78 is 10.9. The van der Waals surface area contributed by atoms with Crippen molar-refractivity contribution in [3.05, 3.63) is 0 Å². The van der Waals surface area contributed by atoms with Crippen molar-refractivity contribution in [3.63, 3.8) is 0 Å². The average molecular weight is 296 g/mol. The van der Waals surface area contributed by atoms with Crippen LogP contribution in [-0.2, 0) is 9.31 Å². The fourth-order valence-electron chi connectivity index (χ4n) is 3.21. The Morgan fingerprint density at radius 2 is 1.05 bits per heavy atom. The van der Waals surface area contributed by atoms with Crippen molar-refractivity contribution in [3.8, 4) is 0 Å². The highest BCUT2D eigenvalue weighted by Crippen LogP contribution is 2.26. The first-order chi connectivity index (χ1) is 10.3. The van der Waals surface area contributed by atoms with Crippen LogP contribution >= 0.6 is 0 Å². The van der Waals surface area contributed by atoms with Gasteiger partial charge in [0.15, 0.2) is 0 Å². The highest BCUT2D eigenvalue weighted by Gasteiger charge is 2.20. The molecule has 0 saturated heterocycles. The highest BCUT2D eigenvalue weighted by atomic mass is 16.4. The summed E-state index contributed by atoms with van der Waals surface area (Å²) in [4.78, 5) is 0. The second-order valence-electron chi connectivity index (χ2n) is 6.48. The molecule has 0 rings (SSSR count). The van der Waals surface area contributed by atoms with Gasteiger partial charge in [0, 0.05) is 19.1 Å². The fourth-order valence-corrected chi connectivity index (χ4v) is 3.21. The average Bonchev–Trinajstić information content (AvgIpc) is 2.49. The molecular weight excluding hydrogens is 258 g/mol. The topological polar surface area (TPSA) is 18.5 Å². The second kappa shape index (κ2) is 16.4. The molecule has 0 radical (unpaired) electrons. The zero-order valence-electron chi connectivity index (χ0n) is 15.2. The first-order valence-electron chi connectivity index (χ1n) is 9.27. The maximum absolute atomic E-state index is 5.43. The first kappa shape index (κ1) is 21.0. The molecule has 0 amide bonds. The predicted octanol–water partition coefficient (Wildman–Crippen LogP) is 3.68. The van der Waals surface area contributed by atoms with Crippen molar-refractivity contribution >= 4 is 16.1 Å². The summed E-state index contributed by atoms with van der Waals surface area (Å²) in [7, 11) is 3.64. The Bertz CT molecular complexity index is 197. The molecule has 1 unspecified atom stereocenters. The van der Waals surface area contributed by atoms with Crippen molar-refractivity contribution in [2.45, 2.75) is 84.5 Å². The molecule has 0 aliphatic rings. The molecule has 0 spiro atoms. The van der Waals surface area contributed by atoms with Crippen LogP contribution in [0.1, 0.15) is 84.5 Å². The van der Waals surface area contributed by atoms with Crippen LogP contribution in [0.25, 0.3) is 0 Å². The SMILES string of the molecule is BOCC(COB)C(CCCCCC)CCCCCCC. The van der Waals surface area contributed by atoms with Crippen molar-refractivity contribution in [1.29, 1.82) is 0 Å². The minimum absolute atomic E-state index is 0.577. The number of hydrogen-bond donors (Lipinski definition) is 0. The van der Waals surface area contributed by atoms with Gasteiger partial charge in [-0.25, -0.2) is 0 Å². The molecule has 0 N–H and O–H groups in total. The molecule has 0 fully saturated rings. The van der Waals surface area contributed by atoms with Gasteiger partial charge in [-0.1, -0.05) is 84.5 Å². The lowest BCUT2D eigenvalue weighted by molar-refractivity contribution is 0.127. The zero-order chi connectivity index (χ0) is 15.8. The van der Waals surface area contributed by atoms with E-state index in [-0.39, 0.29) is 0 Å². The lowest BCUT2D eigenvalue weighted by atomic mass is 9.84. The summed E-state index contributed by atoms with van der Waals surface area (Å²) in [5.41, 5.74) is 0. The number of rotatable bonds is 16. The molecule has 124 valence electrons. The van der Waals surface area contributed by atoms with Gasteiger partial charge in [-0.3, -0.25) is 0 Å². The van der Waals surface area contributed by atoms with Crippen molar-refractivity contribution < 1.29 is 9.31 Å². The molecule has 0 aromatic carbocycles. The van der Waals surface area contributed by atoms with E-state index in [0.29, 0.717) is 5.92 Å². The van der Waals surface area contributed by atoms with E-state index in [0.717, 1.165) is 19.1 Å². The Kier molecular flexibility index (Phi) is 16.5. The molecule has 1 atom stereocenters. The van der Waals surface area contributed by atoms with E-state index in [4.69, 9.17) is 9.31 Å². The van der Waals surface area contributed by atoms with Gasteiger partial charge in [0.25, 0.3) is 16.1 Å². The Balaban J connectivity index is 4.15. The summed E-state index contributed by atoms with van der Waals surface area (Å²) >= 11 is 0. The van der Waals surface area contributed by atoms with Crippen LogP contribution in [0.3, 0.4) is 0 Å². The maximum Gasteiger partial charge on any atom is 0.257 e. The summed E-state index contributed by atoms with van der Waals surface area (Å²) in [6.07, 6.45) is 15.1. The third-order valence-corrected chi connectivity index (χ3v) is 4.54. The van der Waals surface area contributed by atoms with Gasteiger partial charge in [-0.05, 0) is 5.92 Å². The molecule has 0 aliphatic heterocycles. The monoisotopic (exact) mass is 296 g/mol. The van der Waals surface area contributed by atoms with Crippen LogP contribution in [0.2, 0.25) is 0 Å². The van der Waals surface area contributed by atoms with Crippen LogP contribution < -0.4 is 0 Å². The Morgan fingerprint density at radius 3 is 1.48 bits per heavy atom. The van der Waals surface area contributed by atoms with E-state index in [1.807, 2.05) is 16.1 Å². The Morgan fingerprint density at radius 1 is 0.619 bits per heavy atom. The maximum atomic E-state index is 5.43. The molecule has 2 nitrogen and oxygen atoms in total. The first-order valence-corrected chi connectivity index (χ1v) is 9.27. The van der Waals surface area contributed by atoms with E-state index >= 15 is 0 Å². The van der Waals surface area contributed by atoms with Gasteiger partial charge in [-0.2, -0.15) is 0 Å². The minimum atomic E-state index is 0.577. The molecular formula is C17H38B2O2. The largest absolute Gasteiger partial charge is 0.444 e. The van der Waals surface area contributed by atoms with Gasteiger partial charge in [0.1, 0.15) is 0 Å². The summed E-state index contributed by atoms with van der Waals surface area (Å²) in [6, 6.07) is 0. The summed E-state index contributed by atoms with van der Waals surface area (Å²) in [6.45, 7) is 6.26. The molecule has 0 aliphatic carbocycles. The van der Waals surface area contributed by atoms with Gasteiger partial charge < -0.3 is 9.31 Å².